The predicted octanol–water partition coefficient (Wildman–Crippen LogP) is 7.36. The maximum atomic E-state index is 12.6. The van der Waals surface area contributed by atoms with Crippen molar-refractivity contribution in [1.29, 1.82) is 0 Å². The largest absolute Gasteiger partial charge is 0.462 e. The number of unbranched alkanes of at least 4 members (excludes halogenated alkanes) is 7. The van der Waals surface area contributed by atoms with Gasteiger partial charge >= 0.3 is 11.9 Å². The lowest BCUT2D eigenvalue weighted by Crippen LogP contribution is -2.19. The van der Waals surface area contributed by atoms with Crippen LogP contribution in [0.2, 0.25) is 0 Å². The molecule has 0 aliphatic heterocycles. The van der Waals surface area contributed by atoms with Crippen LogP contribution >= 0.6 is 0 Å². The maximum Gasteiger partial charge on any atom is 0.339 e. The lowest BCUT2D eigenvalue weighted by atomic mass is 10.0. The average molecular weight is 419 g/mol. The molecule has 0 fully saturated rings. The Morgan fingerprint density at radius 3 is 1.93 bits per heavy atom. The van der Waals surface area contributed by atoms with Crippen LogP contribution in [0.4, 0.5) is 0 Å². The molecule has 0 amide bonds. The van der Waals surface area contributed by atoms with Gasteiger partial charge in [-0.2, -0.15) is 0 Å². The molecule has 0 saturated carbocycles. The Morgan fingerprint density at radius 2 is 1.33 bits per heavy atom. The van der Waals surface area contributed by atoms with E-state index in [9.17, 15) is 9.59 Å². The normalized spacial score (nSPS) is 12.0. The van der Waals surface area contributed by atoms with E-state index in [1.54, 1.807) is 24.3 Å². The molecule has 1 rings (SSSR count). The van der Waals surface area contributed by atoms with Crippen molar-refractivity contribution in [1.82, 2.24) is 0 Å². The van der Waals surface area contributed by atoms with Gasteiger partial charge in [0.1, 0.15) is 0 Å². The number of rotatable bonds is 16. The molecule has 0 aromatic heterocycles. The summed E-state index contributed by atoms with van der Waals surface area (Å²) in [5.74, 6) is -0.255. The van der Waals surface area contributed by atoms with Crippen LogP contribution in [0.15, 0.2) is 24.3 Å². The van der Waals surface area contributed by atoms with Gasteiger partial charge in [-0.15, -0.1) is 0 Å². The number of esters is 2. The molecule has 0 N–H and O–H groups in total. The molecular formula is C26H42O4. The van der Waals surface area contributed by atoms with Crippen LogP contribution < -0.4 is 0 Å². The van der Waals surface area contributed by atoms with E-state index in [-0.39, 0.29) is 17.2 Å². The third kappa shape index (κ3) is 11.4. The number of carbonyl (C=O) groups excluding carboxylic acids is 2. The fourth-order valence-electron chi connectivity index (χ4n) is 3.44. The number of hydrogen-bond donors (Lipinski definition) is 0. The molecule has 0 bridgehead atoms. The van der Waals surface area contributed by atoms with Gasteiger partial charge in [0, 0.05) is 0 Å². The van der Waals surface area contributed by atoms with Crippen LogP contribution in [-0.2, 0) is 9.47 Å². The van der Waals surface area contributed by atoms with Crippen molar-refractivity contribution in [2.75, 3.05) is 6.61 Å². The highest BCUT2D eigenvalue weighted by molar-refractivity contribution is 6.03. The third-order valence-electron chi connectivity index (χ3n) is 5.30. The Morgan fingerprint density at radius 1 is 0.767 bits per heavy atom. The first-order valence-electron chi connectivity index (χ1n) is 11.9. The molecule has 0 spiro atoms. The molecule has 170 valence electrons. The van der Waals surface area contributed by atoms with Gasteiger partial charge < -0.3 is 9.47 Å². The zero-order valence-electron chi connectivity index (χ0n) is 19.6. The molecule has 4 nitrogen and oxygen atoms in total. The van der Waals surface area contributed by atoms with E-state index in [0.29, 0.717) is 12.5 Å². The fourth-order valence-corrected chi connectivity index (χ4v) is 3.44. The maximum absolute atomic E-state index is 12.6. The highest BCUT2D eigenvalue weighted by Gasteiger charge is 2.20. The second-order valence-electron chi connectivity index (χ2n) is 8.70. The molecule has 1 unspecified atom stereocenters. The standard InChI is InChI=1S/C26H42O4/c1-5-6-7-8-9-10-11-14-20-29-25(27)23-18-12-13-19-24(23)26(28)30-22(4)17-15-16-21(2)3/h12-13,18-19,21-22H,5-11,14-17,20H2,1-4H3. The highest BCUT2D eigenvalue weighted by Crippen LogP contribution is 2.16. The Labute approximate surface area is 183 Å². The van der Waals surface area contributed by atoms with E-state index < -0.39 is 11.9 Å². The smallest absolute Gasteiger partial charge is 0.339 e. The van der Waals surface area contributed by atoms with Gasteiger partial charge in [0.2, 0.25) is 0 Å². The summed E-state index contributed by atoms with van der Waals surface area (Å²) in [6.45, 7) is 8.89. The zero-order valence-corrected chi connectivity index (χ0v) is 19.6. The number of ether oxygens (including phenoxy) is 2. The van der Waals surface area contributed by atoms with E-state index in [4.69, 9.17) is 9.47 Å². The Hall–Kier alpha value is -1.84. The Kier molecular flexibility index (Phi) is 13.9. The van der Waals surface area contributed by atoms with Crippen molar-refractivity contribution < 1.29 is 19.1 Å². The molecule has 0 aliphatic rings. The van der Waals surface area contributed by atoms with Gasteiger partial charge in [0.15, 0.2) is 0 Å². The quantitative estimate of drug-likeness (QED) is 0.208. The van der Waals surface area contributed by atoms with Crippen molar-refractivity contribution in [2.45, 2.75) is 104 Å². The van der Waals surface area contributed by atoms with Gasteiger partial charge in [-0.1, -0.05) is 84.3 Å². The predicted molar refractivity (Wildman–Crippen MR) is 123 cm³/mol. The van der Waals surface area contributed by atoms with E-state index in [1.807, 2.05) is 6.92 Å². The van der Waals surface area contributed by atoms with Crippen molar-refractivity contribution in [3.8, 4) is 0 Å². The number of benzene rings is 1. The Bertz CT molecular complexity index is 609. The van der Waals surface area contributed by atoms with Crippen LogP contribution in [0.5, 0.6) is 0 Å². The molecule has 1 aromatic carbocycles. The molecule has 4 heteroatoms. The molecule has 0 saturated heterocycles. The van der Waals surface area contributed by atoms with E-state index in [2.05, 4.69) is 20.8 Å². The molecule has 0 aliphatic carbocycles. The summed E-state index contributed by atoms with van der Waals surface area (Å²) in [4.78, 5) is 25.1. The summed E-state index contributed by atoms with van der Waals surface area (Å²) in [5.41, 5.74) is 0.575. The van der Waals surface area contributed by atoms with E-state index in [1.165, 1.54) is 38.5 Å². The van der Waals surface area contributed by atoms with E-state index in [0.717, 1.165) is 32.1 Å². The van der Waals surface area contributed by atoms with Crippen LogP contribution in [-0.4, -0.2) is 24.6 Å². The average Bonchev–Trinajstić information content (AvgIpc) is 2.72. The van der Waals surface area contributed by atoms with Crippen LogP contribution in [0.1, 0.15) is 119 Å². The molecule has 30 heavy (non-hydrogen) atoms. The Balaban J connectivity index is 2.40. The monoisotopic (exact) mass is 418 g/mol. The van der Waals surface area contributed by atoms with Crippen LogP contribution in [0.3, 0.4) is 0 Å². The van der Waals surface area contributed by atoms with Crippen molar-refractivity contribution in [3.05, 3.63) is 35.4 Å². The van der Waals surface area contributed by atoms with Crippen molar-refractivity contribution in [2.24, 2.45) is 5.92 Å². The van der Waals surface area contributed by atoms with Gasteiger partial charge in [-0.05, 0) is 44.2 Å². The van der Waals surface area contributed by atoms with Crippen molar-refractivity contribution in [3.63, 3.8) is 0 Å². The minimum Gasteiger partial charge on any atom is -0.462 e. The minimum absolute atomic E-state index is 0.169. The summed E-state index contributed by atoms with van der Waals surface area (Å²) in [6, 6.07) is 6.76. The molecular weight excluding hydrogens is 376 g/mol. The lowest BCUT2D eigenvalue weighted by molar-refractivity contribution is 0.0306. The molecule has 1 atom stereocenters. The first-order chi connectivity index (χ1) is 14.5. The first kappa shape index (κ1) is 26.2. The number of carbonyl (C=O) groups is 2. The van der Waals surface area contributed by atoms with Gasteiger partial charge in [-0.3, -0.25) is 0 Å². The van der Waals surface area contributed by atoms with Crippen LogP contribution in [0.25, 0.3) is 0 Å². The summed E-state index contributed by atoms with van der Waals surface area (Å²) in [6.07, 6.45) is 12.3. The molecule has 1 aromatic rings. The summed E-state index contributed by atoms with van der Waals surface area (Å²) < 4.78 is 11.0. The minimum atomic E-state index is -0.452. The van der Waals surface area contributed by atoms with Gasteiger partial charge in [0.25, 0.3) is 0 Å². The lowest BCUT2D eigenvalue weighted by Gasteiger charge is -2.15. The summed E-state index contributed by atoms with van der Waals surface area (Å²) >= 11 is 0. The highest BCUT2D eigenvalue weighted by atomic mass is 16.5. The third-order valence-corrected chi connectivity index (χ3v) is 5.30. The first-order valence-corrected chi connectivity index (χ1v) is 11.9. The number of hydrogen-bond acceptors (Lipinski definition) is 4. The molecule has 0 radical (unpaired) electrons. The second kappa shape index (κ2) is 15.9. The summed E-state index contributed by atoms with van der Waals surface area (Å²) in [7, 11) is 0. The van der Waals surface area contributed by atoms with Gasteiger partial charge in [-0.25, -0.2) is 9.59 Å². The molecule has 0 heterocycles. The fraction of sp³-hybridized carbons (Fsp3) is 0.692. The van der Waals surface area contributed by atoms with Crippen molar-refractivity contribution >= 4 is 11.9 Å². The second-order valence-corrected chi connectivity index (χ2v) is 8.70. The van der Waals surface area contributed by atoms with Crippen LogP contribution in [0, 0.1) is 5.92 Å². The zero-order chi connectivity index (χ0) is 22.2. The summed E-state index contributed by atoms with van der Waals surface area (Å²) in [5, 5.41) is 0. The topological polar surface area (TPSA) is 52.6 Å². The SMILES string of the molecule is CCCCCCCCCCOC(=O)c1ccccc1C(=O)OC(C)CCCC(C)C. The van der Waals surface area contributed by atoms with Gasteiger partial charge in [0.05, 0.1) is 23.8 Å². The van der Waals surface area contributed by atoms with E-state index >= 15 is 0 Å².